The van der Waals surface area contributed by atoms with E-state index >= 15 is 0 Å². The zero-order valence-corrected chi connectivity index (χ0v) is 36.9. The SMILES string of the molecule is COc1ccc(C(OC[C@H]2O[C@@H](n3cc(C)c(N)nc3=O)[C@H](OCCON(C)C)[C@@H]2OP(OCCC#N)N(C(C)C)C(C)C)(c2ccccc2)c2ccc(OC)cc2)cc1. The smallest absolute Gasteiger partial charge is 0.351 e. The Balaban J connectivity index is 1.69. The third kappa shape index (κ3) is 11.1. The average molecular weight is 847 g/mol. The zero-order chi connectivity index (χ0) is 43.4. The molecule has 324 valence electrons. The van der Waals surface area contributed by atoms with E-state index in [1.807, 2.05) is 78.9 Å². The summed E-state index contributed by atoms with van der Waals surface area (Å²) in [4.78, 5) is 23.5. The first-order chi connectivity index (χ1) is 28.8. The number of nitrogen functional groups attached to an aromatic ring is 1. The molecule has 3 aromatic carbocycles. The number of benzene rings is 3. The molecule has 2 heterocycles. The van der Waals surface area contributed by atoms with Crippen molar-refractivity contribution in [2.24, 2.45) is 0 Å². The highest BCUT2D eigenvalue weighted by atomic mass is 31.2. The lowest BCUT2D eigenvalue weighted by atomic mass is 9.80. The van der Waals surface area contributed by atoms with Gasteiger partial charge in [-0.05, 0) is 75.6 Å². The van der Waals surface area contributed by atoms with Crippen molar-refractivity contribution in [3.8, 4) is 17.6 Å². The van der Waals surface area contributed by atoms with Crippen LogP contribution in [-0.4, -0.2) is 104 Å². The fraction of sp³-hybridized carbons (Fsp3) is 0.477. The molecular weight excluding hydrogens is 787 g/mol. The van der Waals surface area contributed by atoms with E-state index in [1.54, 1.807) is 46.5 Å². The van der Waals surface area contributed by atoms with Gasteiger partial charge >= 0.3 is 5.69 Å². The summed E-state index contributed by atoms with van der Waals surface area (Å²) in [5.41, 5.74) is 7.36. The van der Waals surface area contributed by atoms with Crippen LogP contribution in [0.2, 0.25) is 0 Å². The Morgan fingerprint density at radius 1 is 0.883 bits per heavy atom. The van der Waals surface area contributed by atoms with Crippen LogP contribution in [0.5, 0.6) is 11.5 Å². The van der Waals surface area contributed by atoms with Gasteiger partial charge in [-0.3, -0.25) is 9.40 Å². The van der Waals surface area contributed by atoms with Gasteiger partial charge in [0.2, 0.25) is 0 Å². The number of aromatic nitrogens is 2. The van der Waals surface area contributed by atoms with E-state index in [1.165, 1.54) is 4.57 Å². The number of aryl methyl sites for hydroxylation is 1. The molecule has 5 atom stereocenters. The molecule has 0 bridgehead atoms. The first kappa shape index (κ1) is 46.6. The van der Waals surface area contributed by atoms with E-state index in [-0.39, 0.29) is 50.7 Å². The van der Waals surface area contributed by atoms with Gasteiger partial charge in [0.25, 0.3) is 8.53 Å². The number of hydrogen-bond acceptors (Lipinski definition) is 14. The lowest BCUT2D eigenvalue weighted by Crippen LogP contribution is -2.43. The third-order valence-electron chi connectivity index (χ3n) is 9.99. The van der Waals surface area contributed by atoms with Crippen LogP contribution in [0.15, 0.2) is 89.9 Å². The Bertz CT molecular complexity index is 1970. The number of anilines is 1. The maximum absolute atomic E-state index is 13.7. The summed E-state index contributed by atoms with van der Waals surface area (Å²) in [5.74, 6) is 1.49. The van der Waals surface area contributed by atoms with Gasteiger partial charge in [0.15, 0.2) is 6.23 Å². The van der Waals surface area contributed by atoms with Crippen LogP contribution >= 0.6 is 8.53 Å². The molecule has 4 aromatic rings. The third-order valence-corrected chi connectivity index (χ3v) is 12.1. The Morgan fingerprint density at radius 2 is 1.47 bits per heavy atom. The van der Waals surface area contributed by atoms with E-state index in [4.69, 9.17) is 43.3 Å². The topological polar surface area (TPSA) is 165 Å². The minimum atomic E-state index is -1.82. The van der Waals surface area contributed by atoms with Crippen molar-refractivity contribution >= 4 is 14.3 Å². The lowest BCUT2D eigenvalue weighted by Gasteiger charge is -2.39. The monoisotopic (exact) mass is 846 g/mol. The maximum atomic E-state index is 13.7. The lowest BCUT2D eigenvalue weighted by molar-refractivity contribution is -0.150. The second kappa shape index (κ2) is 21.9. The van der Waals surface area contributed by atoms with Gasteiger partial charge in [0, 0.05) is 37.9 Å². The summed E-state index contributed by atoms with van der Waals surface area (Å²) in [7, 11) is 5.00. The van der Waals surface area contributed by atoms with E-state index in [9.17, 15) is 10.1 Å². The number of ether oxygens (including phenoxy) is 5. The molecule has 0 radical (unpaired) electrons. The highest BCUT2D eigenvalue weighted by Crippen LogP contribution is 2.51. The minimum Gasteiger partial charge on any atom is -0.497 e. The van der Waals surface area contributed by atoms with Gasteiger partial charge in [0.1, 0.15) is 41.2 Å². The summed E-state index contributed by atoms with van der Waals surface area (Å²) in [6.45, 7) is 10.5. The van der Waals surface area contributed by atoms with E-state index in [2.05, 4.69) is 43.4 Å². The van der Waals surface area contributed by atoms with Crippen molar-refractivity contribution in [2.45, 2.75) is 83.3 Å². The molecule has 1 aliphatic rings. The van der Waals surface area contributed by atoms with Crippen molar-refractivity contribution in [1.82, 2.24) is 19.3 Å². The van der Waals surface area contributed by atoms with E-state index in [0.717, 1.165) is 16.7 Å². The van der Waals surface area contributed by atoms with Gasteiger partial charge in [-0.15, -0.1) is 0 Å². The minimum absolute atomic E-state index is 0.00122. The molecule has 0 amide bonds. The Hall–Kier alpha value is -4.46. The van der Waals surface area contributed by atoms with Crippen LogP contribution < -0.4 is 20.9 Å². The number of nitriles is 1. The maximum Gasteiger partial charge on any atom is 0.351 e. The van der Waals surface area contributed by atoms with Crippen LogP contribution in [0, 0.1) is 18.3 Å². The predicted molar refractivity (Wildman–Crippen MR) is 229 cm³/mol. The molecule has 5 rings (SSSR count). The number of nitrogens with zero attached hydrogens (tertiary/aromatic N) is 5. The fourth-order valence-corrected chi connectivity index (χ4v) is 8.98. The molecule has 1 unspecified atom stereocenters. The predicted octanol–water partition coefficient (Wildman–Crippen LogP) is 6.60. The molecular formula is C44H59N6O9P. The molecule has 2 N–H and O–H groups in total. The molecule has 1 fully saturated rings. The number of hydroxylamine groups is 2. The summed E-state index contributed by atoms with van der Waals surface area (Å²) in [6.07, 6.45) is -1.88. The number of hydrogen-bond donors (Lipinski definition) is 1. The summed E-state index contributed by atoms with van der Waals surface area (Å²) in [6, 6.07) is 27.6. The van der Waals surface area contributed by atoms with Crippen LogP contribution in [-0.2, 0) is 33.7 Å². The van der Waals surface area contributed by atoms with Gasteiger partial charge in [-0.2, -0.15) is 15.3 Å². The summed E-state index contributed by atoms with van der Waals surface area (Å²) >= 11 is 0. The van der Waals surface area contributed by atoms with Gasteiger partial charge < -0.3 is 38.5 Å². The van der Waals surface area contributed by atoms with Crippen molar-refractivity contribution in [3.63, 3.8) is 0 Å². The zero-order valence-electron chi connectivity index (χ0n) is 36.0. The summed E-state index contributed by atoms with van der Waals surface area (Å²) < 4.78 is 49.1. The molecule has 16 heteroatoms. The molecule has 0 spiro atoms. The second-order valence-electron chi connectivity index (χ2n) is 15.0. The molecule has 1 aromatic heterocycles. The van der Waals surface area contributed by atoms with Crippen LogP contribution in [0.25, 0.3) is 0 Å². The van der Waals surface area contributed by atoms with Gasteiger partial charge in [0.05, 0.1) is 53.1 Å². The second-order valence-corrected chi connectivity index (χ2v) is 16.4. The van der Waals surface area contributed by atoms with E-state index in [0.29, 0.717) is 17.1 Å². The standard InChI is InChI=1S/C44H59N6O9P/c1-30(2)50(31(3)4)60(57-25-13-24-45)59-39-38(58-42(40(39)54-26-27-56-48(6)7)49-28-32(5)41(46)47-43(49)51)29-55-44(33-14-11-10-12-15-33,34-16-20-36(52-8)21-17-34)35-18-22-37(53-9)23-19-35/h10-12,14-23,28,30-31,38-40,42H,13,25-27,29H2,1-9H3,(H2,46,47,51)/t38-,39-,40-,42-,60?/m1/s1. The quantitative estimate of drug-likeness (QED) is 0.0390. The molecule has 15 nitrogen and oxygen atoms in total. The van der Waals surface area contributed by atoms with Crippen LogP contribution in [0.4, 0.5) is 5.82 Å². The van der Waals surface area contributed by atoms with E-state index < -0.39 is 44.4 Å². The fourth-order valence-electron chi connectivity index (χ4n) is 7.22. The molecule has 0 aliphatic carbocycles. The molecule has 1 saturated heterocycles. The van der Waals surface area contributed by atoms with Crippen molar-refractivity contribution in [1.29, 1.82) is 5.26 Å². The normalized spacial score (nSPS) is 18.7. The Labute approximate surface area is 354 Å². The highest BCUT2D eigenvalue weighted by molar-refractivity contribution is 7.44. The highest BCUT2D eigenvalue weighted by Gasteiger charge is 2.51. The molecule has 1 aliphatic heterocycles. The molecule has 0 saturated carbocycles. The average Bonchev–Trinajstić information content (AvgIpc) is 3.57. The first-order valence-corrected chi connectivity index (χ1v) is 21.1. The first-order valence-electron chi connectivity index (χ1n) is 20.0. The van der Waals surface area contributed by atoms with Crippen LogP contribution in [0.1, 0.15) is 62.6 Å². The van der Waals surface area contributed by atoms with Crippen molar-refractivity contribution < 1.29 is 37.6 Å². The molecule has 60 heavy (non-hydrogen) atoms. The van der Waals surface area contributed by atoms with Crippen LogP contribution in [0.3, 0.4) is 0 Å². The Morgan fingerprint density at radius 3 is 2.00 bits per heavy atom. The number of nitrogens with two attached hydrogens (primary N) is 1. The summed E-state index contributed by atoms with van der Waals surface area (Å²) in [5, 5.41) is 11.1. The van der Waals surface area contributed by atoms with Crippen molar-refractivity contribution in [2.75, 3.05) is 60.5 Å². The largest absolute Gasteiger partial charge is 0.497 e. The number of rotatable bonds is 22. The van der Waals surface area contributed by atoms with Gasteiger partial charge in [-0.25, -0.2) is 9.46 Å². The van der Waals surface area contributed by atoms with Gasteiger partial charge in [-0.1, -0.05) is 54.6 Å². The number of methoxy groups -OCH3 is 2. The van der Waals surface area contributed by atoms with Crippen molar-refractivity contribution in [3.05, 3.63) is 118 Å². The Kier molecular flexibility index (Phi) is 17.0.